The summed E-state index contributed by atoms with van der Waals surface area (Å²) in [7, 11) is 0. The Bertz CT molecular complexity index is 417. The van der Waals surface area contributed by atoms with Gasteiger partial charge < -0.3 is 9.67 Å². The molecule has 0 spiro atoms. The van der Waals surface area contributed by atoms with Gasteiger partial charge in [0.05, 0.1) is 6.61 Å². The van der Waals surface area contributed by atoms with E-state index in [1.165, 1.54) is 16.5 Å². The number of aliphatic hydroxyl groups excluding tert-OH is 1. The van der Waals surface area contributed by atoms with Crippen LogP contribution in [0.3, 0.4) is 0 Å². The number of aryl methyl sites for hydroxylation is 1. The number of benzene rings is 1. The van der Waals surface area contributed by atoms with Crippen LogP contribution in [0.4, 0.5) is 0 Å². The number of nitrogens with zero attached hydrogens (tertiary/aromatic N) is 1. The number of aliphatic hydroxyl groups is 1. The molecule has 2 aromatic rings. The Labute approximate surface area is 77.4 Å². The molecule has 0 amide bonds. The minimum atomic E-state index is 0.192. The second-order valence-electron chi connectivity index (χ2n) is 3.30. The number of hydrogen-bond acceptors (Lipinski definition) is 1. The molecular formula is C11H13NO. The first-order valence-electron chi connectivity index (χ1n) is 4.47. The van der Waals surface area contributed by atoms with Crippen LogP contribution in [0.25, 0.3) is 10.9 Å². The predicted octanol–water partition coefficient (Wildman–Crippen LogP) is 1.94. The molecule has 0 atom stereocenters. The summed E-state index contributed by atoms with van der Waals surface area (Å²) in [6, 6.07) is 8.43. The molecule has 0 saturated carbocycles. The van der Waals surface area contributed by atoms with E-state index in [4.69, 9.17) is 5.11 Å². The van der Waals surface area contributed by atoms with E-state index < -0.39 is 0 Å². The third-order valence-electron chi connectivity index (χ3n) is 2.27. The summed E-state index contributed by atoms with van der Waals surface area (Å²) >= 11 is 0. The maximum atomic E-state index is 8.85. The monoisotopic (exact) mass is 175 g/mol. The van der Waals surface area contributed by atoms with Gasteiger partial charge in [-0.05, 0) is 30.0 Å². The van der Waals surface area contributed by atoms with E-state index in [0.29, 0.717) is 6.54 Å². The highest BCUT2D eigenvalue weighted by Gasteiger charge is 1.99. The second kappa shape index (κ2) is 3.23. The van der Waals surface area contributed by atoms with Crippen LogP contribution in [0.5, 0.6) is 0 Å². The van der Waals surface area contributed by atoms with Crippen molar-refractivity contribution in [2.75, 3.05) is 6.61 Å². The summed E-state index contributed by atoms with van der Waals surface area (Å²) in [4.78, 5) is 0. The van der Waals surface area contributed by atoms with Crippen molar-refractivity contribution < 1.29 is 5.11 Å². The number of aromatic nitrogens is 1. The number of rotatable bonds is 2. The molecule has 0 fully saturated rings. The van der Waals surface area contributed by atoms with Crippen molar-refractivity contribution in [3.8, 4) is 0 Å². The summed E-state index contributed by atoms with van der Waals surface area (Å²) in [6.07, 6.45) is 2.01. The summed E-state index contributed by atoms with van der Waals surface area (Å²) in [5.74, 6) is 0. The van der Waals surface area contributed by atoms with Gasteiger partial charge in [0.15, 0.2) is 0 Å². The molecule has 0 aliphatic rings. The Hall–Kier alpha value is -1.28. The van der Waals surface area contributed by atoms with E-state index in [9.17, 15) is 0 Å². The summed E-state index contributed by atoms with van der Waals surface area (Å²) in [6.45, 7) is 2.94. The van der Waals surface area contributed by atoms with E-state index >= 15 is 0 Å². The molecule has 0 saturated heterocycles. The summed E-state index contributed by atoms with van der Waals surface area (Å²) < 4.78 is 2.07. The van der Waals surface area contributed by atoms with Gasteiger partial charge in [-0.25, -0.2) is 0 Å². The molecular weight excluding hydrogens is 162 g/mol. The van der Waals surface area contributed by atoms with Crippen LogP contribution in [-0.4, -0.2) is 16.3 Å². The number of hydrogen-bond donors (Lipinski definition) is 1. The molecule has 1 aromatic carbocycles. The number of fused-ring (bicyclic) bond motifs is 1. The first kappa shape index (κ1) is 8.32. The molecule has 13 heavy (non-hydrogen) atoms. The Balaban J connectivity index is 2.58. The van der Waals surface area contributed by atoms with Gasteiger partial charge in [-0.15, -0.1) is 0 Å². The van der Waals surface area contributed by atoms with Crippen molar-refractivity contribution in [1.82, 2.24) is 4.57 Å². The molecule has 2 heteroatoms. The molecule has 0 aliphatic carbocycles. The van der Waals surface area contributed by atoms with Crippen LogP contribution < -0.4 is 0 Å². The van der Waals surface area contributed by atoms with E-state index in [1.54, 1.807) is 0 Å². The van der Waals surface area contributed by atoms with Crippen molar-refractivity contribution in [2.45, 2.75) is 13.5 Å². The zero-order valence-corrected chi connectivity index (χ0v) is 7.70. The molecule has 2 rings (SSSR count). The first-order valence-corrected chi connectivity index (χ1v) is 4.47. The maximum Gasteiger partial charge on any atom is 0.0610 e. The highest BCUT2D eigenvalue weighted by atomic mass is 16.3. The third-order valence-corrected chi connectivity index (χ3v) is 2.27. The SMILES string of the molecule is Cc1ccc2ccn(CCO)c2c1. The van der Waals surface area contributed by atoms with Crippen LogP contribution in [0.1, 0.15) is 5.56 Å². The van der Waals surface area contributed by atoms with Crippen molar-refractivity contribution >= 4 is 10.9 Å². The fourth-order valence-corrected chi connectivity index (χ4v) is 1.60. The molecule has 1 aromatic heterocycles. The van der Waals surface area contributed by atoms with E-state index in [1.807, 2.05) is 6.20 Å². The standard InChI is InChI=1S/C11H13NO/c1-9-2-3-10-4-5-12(6-7-13)11(10)8-9/h2-5,8,13H,6-7H2,1H3. The molecule has 0 unspecified atom stereocenters. The van der Waals surface area contributed by atoms with Gasteiger partial charge in [0, 0.05) is 18.3 Å². The van der Waals surface area contributed by atoms with Crippen LogP contribution in [-0.2, 0) is 6.54 Å². The lowest BCUT2D eigenvalue weighted by atomic mass is 10.2. The van der Waals surface area contributed by atoms with E-state index in [2.05, 4.69) is 35.8 Å². The van der Waals surface area contributed by atoms with Crippen LogP contribution in [0, 0.1) is 6.92 Å². The summed E-state index contributed by atoms with van der Waals surface area (Å²) in [5, 5.41) is 10.1. The Morgan fingerprint density at radius 1 is 1.31 bits per heavy atom. The van der Waals surface area contributed by atoms with Crippen molar-refractivity contribution in [3.05, 3.63) is 36.0 Å². The van der Waals surface area contributed by atoms with Crippen molar-refractivity contribution in [2.24, 2.45) is 0 Å². The smallest absolute Gasteiger partial charge is 0.0610 e. The molecule has 0 aliphatic heterocycles. The molecule has 1 heterocycles. The topological polar surface area (TPSA) is 25.2 Å². The zero-order chi connectivity index (χ0) is 9.26. The maximum absolute atomic E-state index is 8.85. The van der Waals surface area contributed by atoms with E-state index in [0.717, 1.165) is 0 Å². The second-order valence-corrected chi connectivity index (χ2v) is 3.30. The van der Waals surface area contributed by atoms with Gasteiger partial charge in [0.2, 0.25) is 0 Å². The van der Waals surface area contributed by atoms with Gasteiger partial charge in [0.25, 0.3) is 0 Å². The lowest BCUT2D eigenvalue weighted by molar-refractivity contribution is 0.278. The van der Waals surface area contributed by atoms with Crippen LogP contribution >= 0.6 is 0 Å². The fourth-order valence-electron chi connectivity index (χ4n) is 1.60. The molecule has 0 bridgehead atoms. The van der Waals surface area contributed by atoms with Crippen LogP contribution in [0.2, 0.25) is 0 Å². The van der Waals surface area contributed by atoms with Gasteiger partial charge in [-0.2, -0.15) is 0 Å². The van der Waals surface area contributed by atoms with Gasteiger partial charge in [-0.1, -0.05) is 12.1 Å². The Kier molecular flexibility index (Phi) is 2.07. The van der Waals surface area contributed by atoms with Crippen molar-refractivity contribution in [3.63, 3.8) is 0 Å². The highest BCUT2D eigenvalue weighted by Crippen LogP contribution is 2.16. The fraction of sp³-hybridized carbons (Fsp3) is 0.273. The lowest BCUT2D eigenvalue weighted by Crippen LogP contribution is -1.99. The quantitative estimate of drug-likeness (QED) is 0.741. The normalized spacial score (nSPS) is 10.9. The average Bonchev–Trinajstić information content (AvgIpc) is 2.49. The largest absolute Gasteiger partial charge is 0.395 e. The lowest BCUT2D eigenvalue weighted by Gasteiger charge is -2.02. The Morgan fingerprint density at radius 2 is 2.15 bits per heavy atom. The minimum Gasteiger partial charge on any atom is -0.395 e. The molecule has 1 N–H and O–H groups in total. The van der Waals surface area contributed by atoms with Crippen LogP contribution in [0.15, 0.2) is 30.5 Å². The highest BCUT2D eigenvalue weighted by molar-refractivity contribution is 5.80. The zero-order valence-electron chi connectivity index (χ0n) is 7.70. The predicted molar refractivity (Wildman–Crippen MR) is 53.8 cm³/mol. The first-order chi connectivity index (χ1) is 6.31. The average molecular weight is 175 g/mol. The molecule has 0 radical (unpaired) electrons. The Morgan fingerprint density at radius 3 is 2.92 bits per heavy atom. The van der Waals surface area contributed by atoms with E-state index in [-0.39, 0.29) is 6.61 Å². The van der Waals surface area contributed by atoms with Crippen molar-refractivity contribution in [1.29, 1.82) is 0 Å². The third kappa shape index (κ3) is 1.45. The summed E-state index contributed by atoms with van der Waals surface area (Å²) in [5.41, 5.74) is 2.46. The molecule has 2 nitrogen and oxygen atoms in total. The molecule has 68 valence electrons. The minimum absolute atomic E-state index is 0.192. The van der Waals surface area contributed by atoms with Gasteiger partial charge >= 0.3 is 0 Å². The van der Waals surface area contributed by atoms with Gasteiger partial charge in [0.1, 0.15) is 0 Å². The van der Waals surface area contributed by atoms with Gasteiger partial charge in [-0.3, -0.25) is 0 Å².